The molecular formula is C15H15N2O. The van der Waals surface area contributed by atoms with Crippen LogP contribution >= 0.6 is 0 Å². The van der Waals surface area contributed by atoms with Gasteiger partial charge in [-0.15, -0.1) is 0 Å². The number of para-hydroxylation sites is 1. The van der Waals surface area contributed by atoms with Crippen LogP contribution in [-0.2, 0) is 0 Å². The first-order chi connectivity index (χ1) is 8.79. The number of hydrogen-bond acceptors (Lipinski definition) is 2. The van der Waals surface area contributed by atoms with Crippen molar-refractivity contribution in [3.05, 3.63) is 60.2 Å². The fourth-order valence-electron chi connectivity index (χ4n) is 1.63. The quantitative estimate of drug-likeness (QED) is 0.861. The van der Waals surface area contributed by atoms with Crippen molar-refractivity contribution in [2.75, 3.05) is 11.9 Å². The van der Waals surface area contributed by atoms with E-state index in [4.69, 9.17) is 0 Å². The summed E-state index contributed by atoms with van der Waals surface area (Å²) in [6, 6.07) is 18.1. The summed E-state index contributed by atoms with van der Waals surface area (Å²) in [6.07, 6.45) is 0. The molecule has 0 aliphatic rings. The zero-order valence-electron chi connectivity index (χ0n) is 10.2. The van der Waals surface area contributed by atoms with Crippen molar-refractivity contribution >= 4 is 17.3 Å². The predicted octanol–water partition coefficient (Wildman–Crippen LogP) is 2.98. The lowest BCUT2D eigenvalue weighted by Gasteiger charge is -2.08. The number of hydrogen-bond donors (Lipinski definition) is 2. The Morgan fingerprint density at radius 2 is 1.94 bits per heavy atom. The first-order valence-electron chi connectivity index (χ1n) is 5.91. The minimum absolute atomic E-state index is 0.0783. The van der Waals surface area contributed by atoms with Crippen LogP contribution in [0.1, 0.15) is 17.3 Å². The Bertz CT molecular complexity index is 523. The van der Waals surface area contributed by atoms with E-state index in [1.807, 2.05) is 49.4 Å². The third-order valence-corrected chi connectivity index (χ3v) is 2.45. The third kappa shape index (κ3) is 3.10. The molecule has 18 heavy (non-hydrogen) atoms. The minimum Gasteiger partial charge on any atom is -0.355 e. The number of amides is 1. The highest BCUT2D eigenvalue weighted by atomic mass is 16.1. The van der Waals surface area contributed by atoms with Crippen molar-refractivity contribution in [1.82, 2.24) is 5.32 Å². The van der Waals surface area contributed by atoms with Crippen LogP contribution < -0.4 is 10.6 Å². The number of carbonyl (C=O) groups excluding carboxylic acids is 1. The Morgan fingerprint density at radius 3 is 2.67 bits per heavy atom. The molecule has 0 fully saturated rings. The maximum atomic E-state index is 11.7. The largest absolute Gasteiger partial charge is 0.355 e. The zero-order chi connectivity index (χ0) is 12.8. The van der Waals surface area contributed by atoms with Gasteiger partial charge in [0.25, 0.3) is 5.91 Å². The van der Waals surface area contributed by atoms with Gasteiger partial charge in [-0.25, -0.2) is 0 Å². The molecule has 91 valence electrons. The van der Waals surface area contributed by atoms with Crippen LogP contribution in [0.2, 0.25) is 0 Å². The Labute approximate surface area is 107 Å². The summed E-state index contributed by atoms with van der Waals surface area (Å²) < 4.78 is 0. The van der Waals surface area contributed by atoms with Crippen LogP contribution in [0.15, 0.2) is 48.5 Å². The molecule has 0 unspecified atom stereocenters. The molecule has 0 spiro atoms. The fraction of sp³-hybridized carbons (Fsp3) is 0.133. The standard InChI is InChI=1S/C15H15N2O/c1-2-16-15(18)12-7-6-10-14(11-12)17-13-8-4-3-5-9-13/h3-5,7-11,17H,2H2,1H3,(H,16,18). The number of anilines is 2. The maximum Gasteiger partial charge on any atom is 0.251 e. The monoisotopic (exact) mass is 239 g/mol. The van der Waals surface area contributed by atoms with E-state index in [2.05, 4.69) is 16.7 Å². The van der Waals surface area contributed by atoms with Gasteiger partial charge in [0, 0.05) is 23.5 Å². The van der Waals surface area contributed by atoms with E-state index in [9.17, 15) is 4.79 Å². The Kier molecular flexibility index (Phi) is 3.97. The topological polar surface area (TPSA) is 41.1 Å². The molecule has 0 saturated heterocycles. The summed E-state index contributed by atoms with van der Waals surface area (Å²) in [4.78, 5) is 11.7. The van der Waals surface area contributed by atoms with Gasteiger partial charge < -0.3 is 10.6 Å². The SMILES string of the molecule is CCNC(=O)c1c[c]cc(Nc2ccccc2)c1. The van der Waals surface area contributed by atoms with Gasteiger partial charge in [0.05, 0.1) is 0 Å². The molecule has 0 aromatic heterocycles. The van der Waals surface area contributed by atoms with Gasteiger partial charge in [-0.1, -0.05) is 18.2 Å². The molecule has 0 heterocycles. The van der Waals surface area contributed by atoms with Gasteiger partial charge in [-0.05, 0) is 43.3 Å². The second-order valence-corrected chi connectivity index (χ2v) is 3.86. The van der Waals surface area contributed by atoms with Gasteiger partial charge in [0.15, 0.2) is 0 Å². The molecule has 3 heteroatoms. The highest BCUT2D eigenvalue weighted by Gasteiger charge is 2.04. The van der Waals surface area contributed by atoms with Gasteiger partial charge in [0.1, 0.15) is 0 Å². The highest BCUT2D eigenvalue weighted by molar-refractivity contribution is 5.95. The lowest BCUT2D eigenvalue weighted by atomic mass is 10.2. The van der Waals surface area contributed by atoms with E-state index in [-0.39, 0.29) is 5.91 Å². The number of benzene rings is 2. The molecule has 1 radical (unpaired) electrons. The highest BCUT2D eigenvalue weighted by Crippen LogP contribution is 2.16. The van der Waals surface area contributed by atoms with Crippen molar-refractivity contribution in [1.29, 1.82) is 0 Å². The summed E-state index contributed by atoms with van der Waals surface area (Å²) in [5.41, 5.74) is 2.45. The normalized spacial score (nSPS) is 9.83. The molecule has 1 amide bonds. The average molecular weight is 239 g/mol. The predicted molar refractivity (Wildman–Crippen MR) is 73.0 cm³/mol. The van der Waals surface area contributed by atoms with Crippen molar-refractivity contribution in [3.8, 4) is 0 Å². The van der Waals surface area contributed by atoms with Gasteiger partial charge >= 0.3 is 0 Å². The van der Waals surface area contributed by atoms with Gasteiger partial charge in [-0.2, -0.15) is 0 Å². The smallest absolute Gasteiger partial charge is 0.251 e. The Morgan fingerprint density at radius 1 is 1.17 bits per heavy atom. The van der Waals surface area contributed by atoms with Crippen LogP contribution in [0.3, 0.4) is 0 Å². The Hall–Kier alpha value is -2.29. The molecule has 0 bridgehead atoms. The van der Waals surface area contributed by atoms with E-state index in [0.717, 1.165) is 11.4 Å². The minimum atomic E-state index is -0.0783. The van der Waals surface area contributed by atoms with Crippen molar-refractivity contribution in [2.45, 2.75) is 6.92 Å². The molecule has 2 aromatic rings. The lowest BCUT2D eigenvalue weighted by Crippen LogP contribution is -2.22. The van der Waals surface area contributed by atoms with Crippen molar-refractivity contribution in [2.24, 2.45) is 0 Å². The van der Waals surface area contributed by atoms with Crippen LogP contribution in [0.4, 0.5) is 11.4 Å². The van der Waals surface area contributed by atoms with E-state index in [1.165, 1.54) is 0 Å². The molecule has 2 N–H and O–H groups in total. The van der Waals surface area contributed by atoms with Crippen LogP contribution in [-0.4, -0.2) is 12.5 Å². The molecule has 2 rings (SSSR count). The summed E-state index contributed by atoms with van der Waals surface area (Å²) in [5.74, 6) is -0.0783. The molecule has 0 aliphatic carbocycles. The first kappa shape index (κ1) is 12.2. The van der Waals surface area contributed by atoms with Gasteiger partial charge in [-0.3, -0.25) is 4.79 Å². The van der Waals surface area contributed by atoms with Crippen LogP contribution in [0.25, 0.3) is 0 Å². The molecular weight excluding hydrogens is 224 g/mol. The molecule has 0 aliphatic heterocycles. The lowest BCUT2D eigenvalue weighted by molar-refractivity contribution is 0.0956. The van der Waals surface area contributed by atoms with Crippen LogP contribution in [0.5, 0.6) is 0 Å². The molecule has 2 aromatic carbocycles. The van der Waals surface area contributed by atoms with Gasteiger partial charge in [0.2, 0.25) is 0 Å². The fourth-order valence-corrected chi connectivity index (χ4v) is 1.63. The summed E-state index contributed by atoms with van der Waals surface area (Å²) in [6.45, 7) is 2.52. The number of rotatable bonds is 4. The van der Waals surface area contributed by atoms with E-state index >= 15 is 0 Å². The number of carbonyl (C=O) groups is 1. The summed E-state index contributed by atoms with van der Waals surface area (Å²) >= 11 is 0. The van der Waals surface area contributed by atoms with Crippen molar-refractivity contribution < 1.29 is 4.79 Å². The Balaban J connectivity index is 2.15. The number of nitrogens with one attached hydrogen (secondary N) is 2. The third-order valence-electron chi connectivity index (χ3n) is 2.45. The zero-order valence-corrected chi connectivity index (χ0v) is 10.2. The summed E-state index contributed by atoms with van der Waals surface area (Å²) in [7, 11) is 0. The summed E-state index contributed by atoms with van der Waals surface area (Å²) in [5, 5.41) is 6.00. The first-order valence-corrected chi connectivity index (χ1v) is 5.91. The van der Waals surface area contributed by atoms with Crippen molar-refractivity contribution in [3.63, 3.8) is 0 Å². The maximum absolute atomic E-state index is 11.7. The average Bonchev–Trinajstić information content (AvgIpc) is 2.40. The van der Waals surface area contributed by atoms with Crippen LogP contribution in [0, 0.1) is 6.07 Å². The van der Waals surface area contributed by atoms with E-state index in [0.29, 0.717) is 12.1 Å². The second-order valence-electron chi connectivity index (χ2n) is 3.86. The van der Waals surface area contributed by atoms with E-state index < -0.39 is 0 Å². The second kappa shape index (κ2) is 5.87. The molecule has 0 saturated carbocycles. The molecule has 0 atom stereocenters. The van der Waals surface area contributed by atoms with E-state index in [1.54, 1.807) is 6.07 Å². The molecule has 3 nitrogen and oxygen atoms in total.